The zero-order valence-corrected chi connectivity index (χ0v) is 10.7. The topological polar surface area (TPSA) is 81.5 Å². The highest BCUT2D eigenvalue weighted by atomic mass is 79.9. The van der Waals surface area contributed by atoms with Gasteiger partial charge < -0.3 is 4.74 Å². The van der Waals surface area contributed by atoms with E-state index in [4.69, 9.17) is 15.3 Å². The summed E-state index contributed by atoms with van der Waals surface area (Å²) in [6.45, 7) is 2.48. The summed E-state index contributed by atoms with van der Waals surface area (Å²) >= 11 is 3.31. The summed E-state index contributed by atoms with van der Waals surface area (Å²) in [5, 5.41) is 24.5. The number of azo groups is 1. The molecule has 0 N–H and O–H groups in total. The lowest BCUT2D eigenvalue weighted by atomic mass is 10.3. The number of nitrogens with zero attached hydrogens (tertiary/aromatic N) is 4. The number of nitriles is 2. The smallest absolute Gasteiger partial charge is 0.242 e. The van der Waals surface area contributed by atoms with Crippen LogP contribution < -0.4 is 4.74 Å². The van der Waals surface area contributed by atoms with Crippen molar-refractivity contribution in [2.75, 3.05) is 6.61 Å². The van der Waals surface area contributed by atoms with Gasteiger partial charge in [0.1, 0.15) is 17.9 Å². The zero-order chi connectivity index (χ0) is 12.7. The van der Waals surface area contributed by atoms with Gasteiger partial charge in [0, 0.05) is 4.47 Å². The van der Waals surface area contributed by atoms with Crippen LogP contribution in [0.25, 0.3) is 0 Å². The summed E-state index contributed by atoms with van der Waals surface area (Å²) in [4.78, 5) is 0. The molecule has 0 aliphatic carbocycles. The van der Waals surface area contributed by atoms with Crippen LogP contribution in [0.15, 0.2) is 32.9 Å². The second-order valence-corrected chi connectivity index (χ2v) is 3.78. The summed E-state index contributed by atoms with van der Waals surface area (Å²) in [6.07, 6.45) is 0. The lowest BCUT2D eigenvalue weighted by Gasteiger charge is -2.04. The Balaban J connectivity index is 2.87. The fraction of sp³-hybridized carbons (Fsp3) is 0.273. The van der Waals surface area contributed by atoms with E-state index in [9.17, 15) is 0 Å². The minimum atomic E-state index is -1.08. The zero-order valence-electron chi connectivity index (χ0n) is 9.09. The van der Waals surface area contributed by atoms with Crippen LogP contribution in [0.5, 0.6) is 5.75 Å². The second-order valence-electron chi connectivity index (χ2n) is 2.92. The van der Waals surface area contributed by atoms with E-state index in [0.29, 0.717) is 16.8 Å². The average molecular weight is 293 g/mol. The molecule has 0 spiro atoms. The van der Waals surface area contributed by atoms with E-state index >= 15 is 0 Å². The van der Waals surface area contributed by atoms with Crippen molar-refractivity contribution in [3.8, 4) is 17.9 Å². The Bertz CT molecular complexity index is 487. The molecule has 0 aromatic heterocycles. The van der Waals surface area contributed by atoms with Gasteiger partial charge in [-0.3, -0.25) is 0 Å². The maximum absolute atomic E-state index is 8.53. The van der Waals surface area contributed by atoms with E-state index in [2.05, 4.69) is 26.2 Å². The second kappa shape index (κ2) is 6.62. The first-order chi connectivity index (χ1) is 8.21. The summed E-state index contributed by atoms with van der Waals surface area (Å²) in [5.74, 6) is 0.718. The number of benzene rings is 1. The van der Waals surface area contributed by atoms with Crippen molar-refractivity contribution >= 4 is 21.6 Å². The molecule has 0 saturated heterocycles. The molecule has 0 aliphatic rings. The Hall–Kier alpha value is -1.92. The molecule has 0 bridgehead atoms. The van der Waals surface area contributed by atoms with Gasteiger partial charge in [-0.25, -0.2) is 0 Å². The minimum Gasteiger partial charge on any atom is -0.494 e. The minimum absolute atomic E-state index is 0.545. The normalized spacial score (nSPS) is 10.2. The van der Waals surface area contributed by atoms with Gasteiger partial charge in [-0.1, -0.05) is 0 Å². The van der Waals surface area contributed by atoms with Crippen molar-refractivity contribution in [3.63, 3.8) is 0 Å². The van der Waals surface area contributed by atoms with Crippen LogP contribution >= 0.6 is 15.9 Å². The lowest BCUT2D eigenvalue weighted by molar-refractivity contribution is 0.340. The van der Waals surface area contributed by atoms with Crippen molar-refractivity contribution in [2.24, 2.45) is 10.2 Å². The van der Waals surface area contributed by atoms with Gasteiger partial charge >= 0.3 is 0 Å². The Kier molecular flexibility index (Phi) is 5.12. The molecule has 0 unspecified atom stereocenters. The molecule has 0 fully saturated rings. The molecule has 1 rings (SSSR count). The molecule has 0 aliphatic heterocycles. The van der Waals surface area contributed by atoms with Crippen LogP contribution in [-0.2, 0) is 0 Å². The standard InChI is InChI=1S/C11H9BrN4O/c1-2-17-9-3-4-11(10(12)5-9)16-15-8(6-13)7-14/h3-5,8H,2H2,1H3. The Morgan fingerprint density at radius 2 is 2.12 bits per heavy atom. The molecular formula is C11H9BrN4O. The highest BCUT2D eigenvalue weighted by Gasteiger charge is 2.04. The fourth-order valence-corrected chi connectivity index (χ4v) is 1.46. The monoisotopic (exact) mass is 292 g/mol. The largest absolute Gasteiger partial charge is 0.494 e. The molecule has 6 heteroatoms. The summed E-state index contributed by atoms with van der Waals surface area (Å²) in [5.41, 5.74) is 0.545. The quantitative estimate of drug-likeness (QED) is 0.798. The van der Waals surface area contributed by atoms with Crippen LogP contribution in [0.2, 0.25) is 0 Å². The van der Waals surface area contributed by atoms with Gasteiger partial charge in [-0.15, -0.1) is 0 Å². The van der Waals surface area contributed by atoms with Crippen LogP contribution in [0.3, 0.4) is 0 Å². The van der Waals surface area contributed by atoms with E-state index in [1.54, 1.807) is 30.3 Å². The molecule has 0 heterocycles. The third-order valence-corrected chi connectivity index (χ3v) is 2.39. The third kappa shape index (κ3) is 3.86. The molecule has 0 atom stereocenters. The van der Waals surface area contributed by atoms with Gasteiger partial charge in [-0.05, 0) is 41.1 Å². The Morgan fingerprint density at radius 3 is 2.65 bits per heavy atom. The summed E-state index contributed by atoms with van der Waals surface area (Å²) < 4.78 is 6.00. The molecule has 0 amide bonds. The molecule has 0 radical (unpaired) electrons. The predicted octanol–water partition coefficient (Wildman–Crippen LogP) is 3.35. The van der Waals surface area contributed by atoms with Crippen molar-refractivity contribution in [2.45, 2.75) is 13.0 Å². The molecule has 17 heavy (non-hydrogen) atoms. The van der Waals surface area contributed by atoms with Gasteiger partial charge in [-0.2, -0.15) is 20.8 Å². The van der Waals surface area contributed by atoms with Gasteiger partial charge in [0.05, 0.1) is 12.3 Å². The van der Waals surface area contributed by atoms with Crippen LogP contribution in [0.1, 0.15) is 6.92 Å². The van der Waals surface area contributed by atoms with Gasteiger partial charge in [0.2, 0.25) is 6.04 Å². The van der Waals surface area contributed by atoms with Crippen LogP contribution in [0.4, 0.5) is 5.69 Å². The summed E-state index contributed by atoms with van der Waals surface area (Å²) in [7, 11) is 0. The SMILES string of the molecule is CCOc1ccc(N=NC(C#N)C#N)c(Br)c1. The maximum Gasteiger partial charge on any atom is 0.242 e. The van der Waals surface area contributed by atoms with E-state index in [-0.39, 0.29) is 0 Å². The molecule has 1 aromatic rings. The summed E-state index contributed by atoms with van der Waals surface area (Å²) in [6, 6.07) is 7.55. The number of ether oxygens (including phenoxy) is 1. The lowest BCUT2D eigenvalue weighted by Crippen LogP contribution is -1.93. The molecule has 1 aromatic carbocycles. The van der Waals surface area contributed by atoms with Gasteiger partial charge in [0.25, 0.3) is 0 Å². The van der Waals surface area contributed by atoms with Crippen molar-refractivity contribution in [3.05, 3.63) is 22.7 Å². The Labute approximate surface area is 107 Å². The van der Waals surface area contributed by atoms with E-state index in [1.165, 1.54) is 0 Å². The maximum atomic E-state index is 8.53. The van der Waals surface area contributed by atoms with Crippen molar-refractivity contribution in [1.82, 2.24) is 0 Å². The fourth-order valence-electron chi connectivity index (χ4n) is 1.03. The first kappa shape index (κ1) is 13.1. The van der Waals surface area contributed by atoms with Crippen LogP contribution in [0, 0.1) is 22.7 Å². The average Bonchev–Trinajstić information content (AvgIpc) is 2.33. The number of hydrogen-bond donors (Lipinski definition) is 0. The molecular weight excluding hydrogens is 284 g/mol. The van der Waals surface area contributed by atoms with Crippen molar-refractivity contribution in [1.29, 1.82) is 10.5 Å². The highest BCUT2D eigenvalue weighted by Crippen LogP contribution is 2.29. The highest BCUT2D eigenvalue weighted by molar-refractivity contribution is 9.10. The van der Waals surface area contributed by atoms with E-state index in [1.807, 2.05) is 6.92 Å². The third-order valence-electron chi connectivity index (χ3n) is 1.76. The van der Waals surface area contributed by atoms with Gasteiger partial charge in [0.15, 0.2) is 0 Å². The first-order valence-electron chi connectivity index (χ1n) is 4.83. The Morgan fingerprint density at radius 1 is 1.41 bits per heavy atom. The van der Waals surface area contributed by atoms with E-state index in [0.717, 1.165) is 5.75 Å². The first-order valence-corrected chi connectivity index (χ1v) is 5.63. The number of halogens is 1. The molecule has 86 valence electrons. The predicted molar refractivity (Wildman–Crippen MR) is 64.8 cm³/mol. The van der Waals surface area contributed by atoms with Crippen molar-refractivity contribution < 1.29 is 4.74 Å². The number of hydrogen-bond acceptors (Lipinski definition) is 5. The molecule has 5 nitrogen and oxygen atoms in total. The van der Waals surface area contributed by atoms with E-state index < -0.39 is 6.04 Å². The van der Waals surface area contributed by atoms with Crippen LogP contribution in [-0.4, -0.2) is 12.6 Å². The number of rotatable bonds is 4. The molecule has 0 saturated carbocycles.